The molecule has 0 atom stereocenters. The molecule has 5 nitrogen and oxygen atoms in total. The van der Waals surface area contributed by atoms with Crippen LogP contribution in [-0.4, -0.2) is 47.8 Å². The van der Waals surface area contributed by atoms with Crippen LogP contribution in [-0.2, 0) is 10.9 Å². The smallest absolute Gasteiger partial charge is 0.416 e. The predicted octanol–water partition coefficient (Wildman–Crippen LogP) is 4.31. The van der Waals surface area contributed by atoms with Crippen LogP contribution in [0.1, 0.15) is 49.5 Å². The zero-order valence-corrected chi connectivity index (χ0v) is 16.3. The highest BCUT2D eigenvalue weighted by molar-refractivity contribution is 5.94. The molecule has 1 fully saturated rings. The summed E-state index contributed by atoms with van der Waals surface area (Å²) in [5, 5.41) is 2.21. The highest BCUT2D eigenvalue weighted by Gasteiger charge is 2.38. The third-order valence-electron chi connectivity index (χ3n) is 4.36. The Labute approximate surface area is 165 Å². The molecule has 2 amide bonds. The van der Waals surface area contributed by atoms with Gasteiger partial charge in [-0.25, -0.2) is 13.6 Å². The third kappa shape index (κ3) is 6.57. The van der Waals surface area contributed by atoms with Crippen molar-refractivity contribution in [1.82, 2.24) is 10.2 Å². The van der Waals surface area contributed by atoms with Gasteiger partial charge in [-0.2, -0.15) is 13.2 Å². The number of amides is 2. The zero-order chi connectivity index (χ0) is 22.0. The summed E-state index contributed by atoms with van der Waals surface area (Å²) in [7, 11) is 0. The molecule has 1 aromatic carbocycles. The van der Waals surface area contributed by atoms with Crippen molar-refractivity contribution in [3.63, 3.8) is 0 Å². The summed E-state index contributed by atoms with van der Waals surface area (Å²) in [6.07, 6.45) is -5.54. The molecule has 0 unspecified atom stereocenters. The van der Waals surface area contributed by atoms with Crippen LogP contribution in [0.4, 0.5) is 26.7 Å². The van der Waals surface area contributed by atoms with Gasteiger partial charge in [0.2, 0.25) is 0 Å². The van der Waals surface area contributed by atoms with Crippen LogP contribution in [0.15, 0.2) is 18.2 Å². The Hall–Kier alpha value is -2.39. The number of hydrogen-bond donors (Lipinski definition) is 1. The van der Waals surface area contributed by atoms with E-state index in [1.165, 1.54) is 4.90 Å². The summed E-state index contributed by atoms with van der Waals surface area (Å²) < 4.78 is 71.8. The van der Waals surface area contributed by atoms with Gasteiger partial charge in [0, 0.05) is 31.5 Å². The maximum Gasteiger partial charge on any atom is 0.416 e. The van der Waals surface area contributed by atoms with Gasteiger partial charge in [0.15, 0.2) is 0 Å². The van der Waals surface area contributed by atoms with Crippen LogP contribution in [0.3, 0.4) is 0 Å². The van der Waals surface area contributed by atoms with E-state index in [1.807, 2.05) is 0 Å². The number of carbonyl (C=O) groups excluding carboxylic acids is 2. The number of hydrogen-bond acceptors (Lipinski definition) is 3. The maximum atomic E-state index is 14.9. The minimum Gasteiger partial charge on any atom is -0.444 e. The number of likely N-dealkylation sites (tertiary alicyclic amines) is 1. The van der Waals surface area contributed by atoms with Crippen LogP contribution in [0.2, 0.25) is 0 Å². The van der Waals surface area contributed by atoms with Crippen LogP contribution < -0.4 is 5.32 Å². The number of piperidine rings is 1. The molecule has 2 rings (SSSR count). The van der Waals surface area contributed by atoms with E-state index in [-0.39, 0.29) is 32.0 Å². The van der Waals surface area contributed by atoms with E-state index in [9.17, 15) is 31.5 Å². The molecule has 10 heteroatoms. The maximum absolute atomic E-state index is 14.9. The molecule has 0 aromatic heterocycles. The van der Waals surface area contributed by atoms with Gasteiger partial charge in [-0.1, -0.05) is 0 Å². The molecule has 1 aliphatic rings. The van der Waals surface area contributed by atoms with E-state index in [0.717, 1.165) is 0 Å². The first-order valence-electron chi connectivity index (χ1n) is 9.01. The minimum absolute atomic E-state index is 0.0689. The molecule has 29 heavy (non-hydrogen) atoms. The number of ether oxygens (including phenoxy) is 1. The number of carbonyl (C=O) groups is 2. The summed E-state index contributed by atoms with van der Waals surface area (Å²) in [5.41, 5.74) is -4.38. The number of rotatable bonds is 3. The fraction of sp³-hybridized carbons (Fsp3) is 0.579. The number of halogens is 5. The fourth-order valence-electron chi connectivity index (χ4n) is 2.82. The lowest BCUT2D eigenvalue weighted by Crippen LogP contribution is -2.50. The van der Waals surface area contributed by atoms with Crippen LogP contribution in [0.25, 0.3) is 0 Å². The van der Waals surface area contributed by atoms with Crippen molar-refractivity contribution < 1.29 is 36.3 Å². The van der Waals surface area contributed by atoms with E-state index < -0.39 is 52.9 Å². The molecule has 1 aliphatic heterocycles. The molecule has 1 aromatic rings. The molecule has 1 saturated heterocycles. The van der Waals surface area contributed by atoms with Gasteiger partial charge in [0.1, 0.15) is 17.1 Å². The van der Waals surface area contributed by atoms with E-state index in [0.29, 0.717) is 12.1 Å². The summed E-state index contributed by atoms with van der Waals surface area (Å²) >= 11 is 0. The van der Waals surface area contributed by atoms with Gasteiger partial charge in [-0.15, -0.1) is 0 Å². The van der Waals surface area contributed by atoms with Gasteiger partial charge in [-0.05, 0) is 39.0 Å². The Morgan fingerprint density at radius 3 is 2.24 bits per heavy atom. The normalized spacial score (nSPS) is 17.0. The van der Waals surface area contributed by atoms with Crippen LogP contribution >= 0.6 is 0 Å². The first-order chi connectivity index (χ1) is 13.2. The summed E-state index contributed by atoms with van der Waals surface area (Å²) in [6, 6.07) is 1.44. The average molecular weight is 422 g/mol. The van der Waals surface area contributed by atoms with Crippen LogP contribution in [0, 0.1) is 5.82 Å². The second kappa shape index (κ2) is 8.16. The molecule has 0 bridgehead atoms. The van der Waals surface area contributed by atoms with Crippen molar-refractivity contribution in [2.75, 3.05) is 19.6 Å². The predicted molar refractivity (Wildman–Crippen MR) is 94.6 cm³/mol. The van der Waals surface area contributed by atoms with Crippen LogP contribution in [0.5, 0.6) is 0 Å². The second-order valence-electron chi connectivity index (χ2n) is 8.03. The molecule has 162 valence electrons. The molecule has 1 heterocycles. The Bertz CT molecular complexity index is 766. The quantitative estimate of drug-likeness (QED) is 0.739. The van der Waals surface area contributed by atoms with Crippen molar-refractivity contribution in [2.45, 2.75) is 51.1 Å². The Morgan fingerprint density at radius 2 is 1.72 bits per heavy atom. The minimum atomic E-state index is -4.81. The van der Waals surface area contributed by atoms with Crippen molar-refractivity contribution >= 4 is 12.0 Å². The zero-order valence-electron chi connectivity index (χ0n) is 16.3. The highest BCUT2D eigenvalue weighted by Crippen LogP contribution is 2.31. The topological polar surface area (TPSA) is 58.6 Å². The molecular weight excluding hydrogens is 399 g/mol. The average Bonchev–Trinajstić information content (AvgIpc) is 2.57. The molecular formula is C19H23F5N2O3. The largest absolute Gasteiger partial charge is 0.444 e. The monoisotopic (exact) mass is 422 g/mol. The van der Waals surface area contributed by atoms with Gasteiger partial charge < -0.3 is 15.0 Å². The Morgan fingerprint density at radius 1 is 1.14 bits per heavy atom. The standard InChI is InChI=1S/C19H23F5N2O3/c1-17(2,3)29-16(28)26-6-4-18(21,5-7-26)11-25-15(27)12-8-13(19(22,23)24)10-14(20)9-12/h8-10H,4-7,11H2,1-3H3,(H,25,27). The summed E-state index contributed by atoms with van der Waals surface area (Å²) in [6.45, 7) is 4.80. The van der Waals surface area contributed by atoms with E-state index >= 15 is 0 Å². The first-order valence-corrected chi connectivity index (χ1v) is 9.01. The second-order valence-corrected chi connectivity index (χ2v) is 8.03. The molecule has 0 saturated carbocycles. The van der Waals surface area contributed by atoms with Crippen molar-refractivity contribution in [3.8, 4) is 0 Å². The Kier molecular flexibility index (Phi) is 6.44. The number of alkyl halides is 4. The molecule has 0 spiro atoms. The Balaban J connectivity index is 1.94. The van der Waals surface area contributed by atoms with E-state index in [4.69, 9.17) is 4.74 Å². The molecule has 0 radical (unpaired) electrons. The molecule has 0 aliphatic carbocycles. The fourth-order valence-corrected chi connectivity index (χ4v) is 2.82. The number of nitrogens with zero attached hydrogens (tertiary/aromatic N) is 1. The third-order valence-corrected chi connectivity index (χ3v) is 4.36. The summed E-state index contributed by atoms with van der Waals surface area (Å²) in [5.74, 6) is -2.23. The van der Waals surface area contributed by atoms with Gasteiger partial charge >= 0.3 is 12.3 Å². The van der Waals surface area contributed by atoms with Gasteiger partial charge in [0.25, 0.3) is 5.91 Å². The number of benzene rings is 1. The lowest BCUT2D eigenvalue weighted by molar-refractivity contribution is -0.137. The lowest BCUT2D eigenvalue weighted by atomic mass is 9.93. The van der Waals surface area contributed by atoms with Crippen molar-refractivity contribution in [2.24, 2.45) is 0 Å². The van der Waals surface area contributed by atoms with Gasteiger partial charge in [-0.3, -0.25) is 4.79 Å². The van der Waals surface area contributed by atoms with Crippen molar-refractivity contribution in [3.05, 3.63) is 35.1 Å². The molecule has 1 N–H and O–H groups in total. The first kappa shape index (κ1) is 22.9. The van der Waals surface area contributed by atoms with E-state index in [2.05, 4.69) is 5.32 Å². The SMILES string of the molecule is CC(C)(C)OC(=O)N1CCC(F)(CNC(=O)c2cc(F)cc(C(F)(F)F)c2)CC1. The van der Waals surface area contributed by atoms with Gasteiger partial charge in [0.05, 0.1) is 12.1 Å². The lowest BCUT2D eigenvalue weighted by Gasteiger charge is -2.37. The summed E-state index contributed by atoms with van der Waals surface area (Å²) in [4.78, 5) is 25.5. The van der Waals surface area contributed by atoms with Crippen molar-refractivity contribution in [1.29, 1.82) is 0 Å². The highest BCUT2D eigenvalue weighted by atomic mass is 19.4. The number of nitrogens with one attached hydrogen (secondary N) is 1. The van der Waals surface area contributed by atoms with E-state index in [1.54, 1.807) is 20.8 Å².